The fraction of sp³-hybridized carbons (Fsp3) is 0.667. The number of likely N-dealkylation sites (tertiary alicyclic amines) is 1. The first-order valence-corrected chi connectivity index (χ1v) is 7.17. The van der Waals surface area contributed by atoms with E-state index in [9.17, 15) is 0 Å². The molecule has 1 aromatic rings. The molecule has 0 atom stereocenters. The lowest BCUT2D eigenvalue weighted by atomic mass is 9.96. The summed E-state index contributed by atoms with van der Waals surface area (Å²) in [5, 5.41) is 3.16. The monoisotopic (exact) mass is 262 g/mol. The number of hydrogen-bond donors (Lipinski definition) is 1. The third-order valence-electron chi connectivity index (χ3n) is 3.95. The Morgan fingerprint density at radius 2 is 2.16 bits per heavy atom. The second-order valence-corrected chi connectivity index (χ2v) is 5.73. The van der Waals surface area contributed by atoms with Crippen LogP contribution in [-0.4, -0.2) is 55.6 Å². The number of hydrogen-bond acceptors (Lipinski definition) is 4. The van der Waals surface area contributed by atoms with Crippen molar-refractivity contribution < 1.29 is 0 Å². The van der Waals surface area contributed by atoms with Crippen molar-refractivity contribution in [1.82, 2.24) is 14.8 Å². The van der Waals surface area contributed by atoms with Crippen molar-refractivity contribution in [2.75, 3.05) is 46.1 Å². The summed E-state index contributed by atoms with van der Waals surface area (Å²) < 4.78 is 0. The molecule has 1 aromatic heterocycles. The van der Waals surface area contributed by atoms with E-state index in [0.717, 1.165) is 23.8 Å². The summed E-state index contributed by atoms with van der Waals surface area (Å²) >= 11 is 0. The SMILES string of the molecule is CNc1ccnc(CN(C)CC2CCN(C)CC2)c1. The minimum atomic E-state index is 0.841. The molecule has 0 bridgehead atoms. The first-order valence-electron chi connectivity index (χ1n) is 7.17. The van der Waals surface area contributed by atoms with Gasteiger partial charge < -0.3 is 15.1 Å². The van der Waals surface area contributed by atoms with Gasteiger partial charge in [0.25, 0.3) is 0 Å². The molecule has 0 aromatic carbocycles. The van der Waals surface area contributed by atoms with Gasteiger partial charge in [0.15, 0.2) is 0 Å². The van der Waals surface area contributed by atoms with Crippen LogP contribution in [0.3, 0.4) is 0 Å². The summed E-state index contributed by atoms with van der Waals surface area (Å²) in [6.07, 6.45) is 4.53. The van der Waals surface area contributed by atoms with Crippen molar-refractivity contribution in [2.24, 2.45) is 5.92 Å². The molecule has 1 aliphatic rings. The number of anilines is 1. The maximum Gasteiger partial charge on any atom is 0.0564 e. The van der Waals surface area contributed by atoms with Crippen molar-refractivity contribution >= 4 is 5.69 Å². The standard InChI is InChI=1S/C15H26N4/c1-16-14-4-7-17-15(10-14)12-19(3)11-13-5-8-18(2)9-6-13/h4,7,10,13H,5-6,8-9,11-12H2,1-3H3,(H,16,17). The molecule has 0 spiro atoms. The number of piperidine rings is 1. The van der Waals surface area contributed by atoms with Crippen LogP contribution in [0.2, 0.25) is 0 Å². The summed E-state index contributed by atoms with van der Waals surface area (Å²) in [4.78, 5) is 9.27. The molecule has 2 heterocycles. The van der Waals surface area contributed by atoms with Crippen LogP contribution in [0.15, 0.2) is 18.3 Å². The van der Waals surface area contributed by atoms with Gasteiger partial charge in [-0.15, -0.1) is 0 Å². The van der Waals surface area contributed by atoms with Crippen LogP contribution in [0.1, 0.15) is 18.5 Å². The van der Waals surface area contributed by atoms with Gasteiger partial charge in [0.1, 0.15) is 0 Å². The first-order chi connectivity index (χ1) is 9.17. The van der Waals surface area contributed by atoms with Gasteiger partial charge in [0, 0.05) is 32.0 Å². The second kappa shape index (κ2) is 6.87. The van der Waals surface area contributed by atoms with Gasteiger partial charge >= 0.3 is 0 Å². The highest BCUT2D eigenvalue weighted by Gasteiger charge is 2.18. The molecule has 1 saturated heterocycles. The largest absolute Gasteiger partial charge is 0.388 e. The van der Waals surface area contributed by atoms with E-state index in [4.69, 9.17) is 0 Å². The van der Waals surface area contributed by atoms with Crippen molar-refractivity contribution in [3.05, 3.63) is 24.0 Å². The third-order valence-corrected chi connectivity index (χ3v) is 3.95. The van der Waals surface area contributed by atoms with E-state index in [2.05, 4.69) is 40.3 Å². The Morgan fingerprint density at radius 3 is 2.84 bits per heavy atom. The lowest BCUT2D eigenvalue weighted by molar-refractivity contribution is 0.172. The molecular weight excluding hydrogens is 236 g/mol. The smallest absolute Gasteiger partial charge is 0.0564 e. The normalized spacial score (nSPS) is 17.9. The summed E-state index contributed by atoms with van der Waals surface area (Å²) in [7, 11) is 6.36. The lowest BCUT2D eigenvalue weighted by Crippen LogP contribution is -2.35. The summed E-state index contributed by atoms with van der Waals surface area (Å²) in [5.74, 6) is 0.841. The molecule has 1 fully saturated rings. The van der Waals surface area contributed by atoms with Crippen molar-refractivity contribution in [2.45, 2.75) is 19.4 Å². The van der Waals surface area contributed by atoms with Crippen molar-refractivity contribution in [3.8, 4) is 0 Å². The number of nitrogens with one attached hydrogen (secondary N) is 1. The minimum absolute atomic E-state index is 0.841. The van der Waals surface area contributed by atoms with E-state index in [-0.39, 0.29) is 0 Å². The molecular formula is C15H26N4. The van der Waals surface area contributed by atoms with Crippen LogP contribution >= 0.6 is 0 Å². The molecule has 0 radical (unpaired) electrons. The molecule has 2 rings (SSSR count). The van der Waals surface area contributed by atoms with Crippen LogP contribution in [0.25, 0.3) is 0 Å². The molecule has 106 valence electrons. The van der Waals surface area contributed by atoms with Gasteiger partial charge in [0.2, 0.25) is 0 Å². The van der Waals surface area contributed by atoms with E-state index in [0.29, 0.717) is 0 Å². The van der Waals surface area contributed by atoms with Gasteiger partial charge in [-0.3, -0.25) is 4.98 Å². The molecule has 1 N–H and O–H groups in total. The highest BCUT2D eigenvalue weighted by atomic mass is 15.1. The van der Waals surface area contributed by atoms with Crippen molar-refractivity contribution in [3.63, 3.8) is 0 Å². The van der Waals surface area contributed by atoms with Gasteiger partial charge in [-0.2, -0.15) is 0 Å². The lowest BCUT2D eigenvalue weighted by Gasteiger charge is -2.31. The summed E-state index contributed by atoms with van der Waals surface area (Å²) in [6, 6.07) is 4.13. The molecule has 19 heavy (non-hydrogen) atoms. The number of nitrogens with zero attached hydrogens (tertiary/aromatic N) is 3. The fourth-order valence-corrected chi connectivity index (χ4v) is 2.75. The summed E-state index contributed by atoms with van der Waals surface area (Å²) in [5.41, 5.74) is 2.28. The van der Waals surface area contributed by atoms with E-state index in [1.165, 1.54) is 32.5 Å². The van der Waals surface area contributed by atoms with Crippen LogP contribution in [-0.2, 0) is 6.54 Å². The molecule has 0 saturated carbocycles. The predicted molar refractivity (Wildman–Crippen MR) is 80.3 cm³/mol. The Morgan fingerprint density at radius 1 is 1.42 bits per heavy atom. The zero-order chi connectivity index (χ0) is 13.7. The fourth-order valence-electron chi connectivity index (χ4n) is 2.75. The molecule has 1 aliphatic heterocycles. The second-order valence-electron chi connectivity index (χ2n) is 5.73. The Balaban J connectivity index is 1.81. The van der Waals surface area contributed by atoms with E-state index < -0.39 is 0 Å². The predicted octanol–water partition coefficient (Wildman–Crippen LogP) is 1.90. The average molecular weight is 262 g/mol. The molecule has 0 amide bonds. The highest BCUT2D eigenvalue weighted by molar-refractivity contribution is 5.42. The molecule has 0 unspecified atom stereocenters. The molecule has 4 heteroatoms. The van der Waals surface area contributed by atoms with Crippen LogP contribution in [0.5, 0.6) is 0 Å². The van der Waals surface area contributed by atoms with E-state index in [1.54, 1.807) is 0 Å². The minimum Gasteiger partial charge on any atom is -0.388 e. The topological polar surface area (TPSA) is 31.4 Å². The number of aromatic nitrogens is 1. The Labute approximate surface area is 116 Å². The Kier molecular flexibility index (Phi) is 5.16. The quantitative estimate of drug-likeness (QED) is 0.878. The summed E-state index contributed by atoms with van der Waals surface area (Å²) in [6.45, 7) is 4.60. The van der Waals surface area contributed by atoms with E-state index in [1.807, 2.05) is 19.3 Å². The number of pyridine rings is 1. The average Bonchev–Trinajstić information content (AvgIpc) is 2.41. The first kappa shape index (κ1) is 14.3. The highest BCUT2D eigenvalue weighted by Crippen LogP contribution is 2.17. The van der Waals surface area contributed by atoms with Crippen LogP contribution in [0, 0.1) is 5.92 Å². The van der Waals surface area contributed by atoms with Gasteiger partial charge in [-0.25, -0.2) is 0 Å². The van der Waals surface area contributed by atoms with Crippen molar-refractivity contribution in [1.29, 1.82) is 0 Å². The maximum absolute atomic E-state index is 4.44. The molecule has 0 aliphatic carbocycles. The molecule has 4 nitrogen and oxygen atoms in total. The van der Waals surface area contributed by atoms with Gasteiger partial charge in [-0.05, 0) is 58.1 Å². The zero-order valence-electron chi connectivity index (χ0n) is 12.4. The van der Waals surface area contributed by atoms with E-state index >= 15 is 0 Å². The van der Waals surface area contributed by atoms with Crippen LogP contribution < -0.4 is 5.32 Å². The van der Waals surface area contributed by atoms with Gasteiger partial charge in [0.05, 0.1) is 5.69 Å². The van der Waals surface area contributed by atoms with Crippen LogP contribution in [0.4, 0.5) is 5.69 Å². The Bertz CT molecular complexity index is 385. The van der Waals surface area contributed by atoms with Gasteiger partial charge in [-0.1, -0.05) is 0 Å². The number of rotatable bonds is 5. The zero-order valence-corrected chi connectivity index (χ0v) is 12.4. The maximum atomic E-state index is 4.44. The third kappa shape index (κ3) is 4.48. The Hall–Kier alpha value is -1.13.